The number of para-hydroxylation sites is 3. The van der Waals surface area contributed by atoms with Crippen LogP contribution in [-0.4, -0.2) is 36.3 Å². The Morgan fingerprint density at radius 1 is 0.844 bits per heavy atom. The summed E-state index contributed by atoms with van der Waals surface area (Å²) in [5.41, 5.74) is 3.67. The predicted molar refractivity (Wildman–Crippen MR) is 126 cm³/mol. The van der Waals surface area contributed by atoms with Crippen molar-refractivity contribution in [1.82, 2.24) is 24.7 Å². The van der Waals surface area contributed by atoms with E-state index in [1.54, 1.807) is 0 Å². The fourth-order valence-corrected chi connectivity index (χ4v) is 4.45. The largest absolute Gasteiger partial charge is 0.342 e. The molecule has 0 aliphatic rings. The number of ketones is 1. The van der Waals surface area contributed by atoms with E-state index < -0.39 is 0 Å². The number of thioether (sulfide) groups is 1. The number of imidazole rings is 1. The molecule has 5 rings (SSSR count). The highest BCUT2D eigenvalue weighted by atomic mass is 32.2. The van der Waals surface area contributed by atoms with Crippen molar-refractivity contribution in [2.75, 3.05) is 5.75 Å². The Morgan fingerprint density at radius 3 is 2.34 bits per heavy atom. The van der Waals surface area contributed by atoms with Crippen LogP contribution in [0.1, 0.15) is 22.0 Å². The molecule has 32 heavy (non-hydrogen) atoms. The first-order valence-electron chi connectivity index (χ1n) is 10.4. The van der Waals surface area contributed by atoms with Crippen LogP contribution in [-0.2, 0) is 12.8 Å². The Hall–Kier alpha value is -3.71. The third-order valence-corrected chi connectivity index (χ3v) is 6.10. The van der Waals surface area contributed by atoms with Crippen molar-refractivity contribution in [2.24, 2.45) is 0 Å². The summed E-state index contributed by atoms with van der Waals surface area (Å²) in [6.45, 7) is 0. The molecule has 2 heterocycles. The van der Waals surface area contributed by atoms with Gasteiger partial charge in [-0.2, -0.15) is 0 Å². The van der Waals surface area contributed by atoms with Crippen molar-refractivity contribution in [1.29, 1.82) is 0 Å². The number of benzene rings is 3. The van der Waals surface area contributed by atoms with Gasteiger partial charge in [0.25, 0.3) is 0 Å². The molecule has 0 spiro atoms. The van der Waals surface area contributed by atoms with Gasteiger partial charge in [-0.15, -0.1) is 10.2 Å². The van der Waals surface area contributed by atoms with E-state index in [1.807, 2.05) is 89.5 Å². The number of hydrogen-bond acceptors (Lipinski definition) is 5. The fourth-order valence-electron chi connectivity index (χ4n) is 3.58. The number of carbonyl (C=O) groups is 1. The molecule has 2 aromatic heterocycles. The molecule has 0 atom stereocenters. The first-order valence-corrected chi connectivity index (χ1v) is 11.4. The van der Waals surface area contributed by atoms with Crippen LogP contribution in [0, 0.1) is 0 Å². The molecule has 3 aromatic carbocycles. The SMILES string of the molecule is O=C(CSc1nnc(CCc2nc3ccccc3[nH]2)n1-c1ccccc1)c1ccccc1. The minimum atomic E-state index is 0.0713. The summed E-state index contributed by atoms with van der Waals surface area (Å²) in [7, 11) is 0. The van der Waals surface area contributed by atoms with Crippen LogP contribution in [0.4, 0.5) is 0 Å². The topological polar surface area (TPSA) is 76.5 Å². The van der Waals surface area contributed by atoms with Gasteiger partial charge in [-0.3, -0.25) is 9.36 Å². The quantitative estimate of drug-likeness (QED) is 0.275. The molecular weight excluding hydrogens is 418 g/mol. The lowest BCUT2D eigenvalue weighted by Crippen LogP contribution is -2.07. The van der Waals surface area contributed by atoms with E-state index in [-0.39, 0.29) is 5.78 Å². The van der Waals surface area contributed by atoms with E-state index in [0.717, 1.165) is 28.4 Å². The van der Waals surface area contributed by atoms with Crippen LogP contribution < -0.4 is 0 Å². The molecule has 0 aliphatic carbocycles. The molecule has 0 saturated carbocycles. The predicted octanol–water partition coefficient (Wildman–Crippen LogP) is 4.90. The van der Waals surface area contributed by atoms with Crippen molar-refractivity contribution in [3.63, 3.8) is 0 Å². The zero-order valence-corrected chi connectivity index (χ0v) is 18.1. The Kier molecular flexibility index (Phi) is 5.81. The lowest BCUT2D eigenvalue weighted by Gasteiger charge is -2.10. The van der Waals surface area contributed by atoms with E-state index in [0.29, 0.717) is 29.3 Å². The van der Waals surface area contributed by atoms with Crippen molar-refractivity contribution in [3.05, 3.63) is 102 Å². The second-order valence-corrected chi connectivity index (χ2v) is 8.29. The molecule has 0 amide bonds. The smallest absolute Gasteiger partial charge is 0.196 e. The summed E-state index contributed by atoms with van der Waals surface area (Å²) in [4.78, 5) is 20.6. The first-order chi connectivity index (χ1) is 15.8. The third-order valence-electron chi connectivity index (χ3n) is 5.17. The summed E-state index contributed by atoms with van der Waals surface area (Å²) in [5.74, 6) is 2.13. The van der Waals surface area contributed by atoms with E-state index in [4.69, 9.17) is 0 Å². The summed E-state index contributed by atoms with van der Waals surface area (Å²) >= 11 is 1.41. The third kappa shape index (κ3) is 4.33. The average Bonchev–Trinajstić information content (AvgIpc) is 3.45. The molecule has 6 nitrogen and oxygen atoms in total. The van der Waals surface area contributed by atoms with Crippen LogP contribution in [0.25, 0.3) is 16.7 Å². The Balaban J connectivity index is 1.37. The Bertz CT molecular complexity index is 1310. The number of hydrogen-bond donors (Lipinski definition) is 1. The van der Waals surface area contributed by atoms with Crippen LogP contribution in [0.2, 0.25) is 0 Å². The van der Waals surface area contributed by atoms with Crippen LogP contribution >= 0.6 is 11.8 Å². The van der Waals surface area contributed by atoms with Gasteiger partial charge in [0.15, 0.2) is 10.9 Å². The molecule has 0 bridgehead atoms. The van der Waals surface area contributed by atoms with Crippen molar-refractivity contribution < 1.29 is 4.79 Å². The van der Waals surface area contributed by atoms with Gasteiger partial charge < -0.3 is 4.98 Å². The van der Waals surface area contributed by atoms with Gasteiger partial charge in [0.2, 0.25) is 0 Å². The average molecular weight is 440 g/mol. The summed E-state index contributed by atoms with van der Waals surface area (Å²) in [5, 5.41) is 9.57. The standard InChI is InChI=1S/C25H21N5OS/c31-22(18-9-3-1-4-10-18)17-32-25-29-28-24(30(25)19-11-5-2-6-12-19)16-15-23-26-20-13-7-8-14-21(20)27-23/h1-14H,15-17H2,(H,26,27). The number of carbonyl (C=O) groups excluding carboxylic acids is 1. The van der Waals surface area contributed by atoms with E-state index in [2.05, 4.69) is 20.2 Å². The molecule has 0 aliphatic heterocycles. The first kappa shape index (κ1) is 20.2. The molecule has 7 heteroatoms. The molecule has 0 radical (unpaired) electrons. The van der Waals surface area contributed by atoms with Gasteiger partial charge in [0, 0.05) is 24.1 Å². The van der Waals surface area contributed by atoms with Crippen molar-refractivity contribution >= 4 is 28.6 Å². The van der Waals surface area contributed by atoms with Gasteiger partial charge in [-0.25, -0.2) is 4.98 Å². The number of nitrogens with one attached hydrogen (secondary N) is 1. The van der Waals surface area contributed by atoms with Gasteiger partial charge >= 0.3 is 0 Å². The summed E-state index contributed by atoms with van der Waals surface area (Å²) in [6, 6.07) is 27.3. The molecule has 158 valence electrons. The van der Waals surface area contributed by atoms with Gasteiger partial charge in [-0.05, 0) is 24.3 Å². The number of rotatable bonds is 8. The van der Waals surface area contributed by atoms with Crippen molar-refractivity contribution in [3.8, 4) is 5.69 Å². The number of Topliss-reactive ketones (excluding diaryl/α,β-unsaturated/α-hetero) is 1. The van der Waals surface area contributed by atoms with E-state index >= 15 is 0 Å². The monoisotopic (exact) mass is 439 g/mol. The number of aryl methyl sites for hydroxylation is 2. The van der Waals surface area contributed by atoms with Crippen molar-refractivity contribution in [2.45, 2.75) is 18.0 Å². The number of aromatic nitrogens is 5. The highest BCUT2D eigenvalue weighted by Gasteiger charge is 2.17. The molecule has 1 N–H and O–H groups in total. The maximum Gasteiger partial charge on any atom is 0.196 e. The second kappa shape index (κ2) is 9.20. The summed E-state index contributed by atoms with van der Waals surface area (Å²) in [6.07, 6.45) is 1.39. The number of aromatic amines is 1. The molecule has 0 unspecified atom stereocenters. The van der Waals surface area contributed by atoms with E-state index in [1.165, 1.54) is 11.8 Å². The minimum absolute atomic E-state index is 0.0713. The summed E-state index contributed by atoms with van der Waals surface area (Å²) < 4.78 is 2.03. The van der Waals surface area contributed by atoms with Gasteiger partial charge in [0.05, 0.1) is 16.8 Å². The highest BCUT2D eigenvalue weighted by Crippen LogP contribution is 2.24. The highest BCUT2D eigenvalue weighted by molar-refractivity contribution is 7.99. The van der Waals surface area contributed by atoms with Crippen LogP contribution in [0.15, 0.2) is 90.1 Å². The van der Waals surface area contributed by atoms with Gasteiger partial charge in [0.1, 0.15) is 11.6 Å². The normalized spacial score (nSPS) is 11.1. The Morgan fingerprint density at radius 2 is 1.56 bits per heavy atom. The second-order valence-electron chi connectivity index (χ2n) is 7.35. The number of nitrogens with zero attached hydrogens (tertiary/aromatic N) is 4. The fraction of sp³-hybridized carbons (Fsp3) is 0.120. The van der Waals surface area contributed by atoms with Crippen LogP contribution in [0.5, 0.6) is 0 Å². The molecular formula is C25H21N5OS. The maximum absolute atomic E-state index is 12.6. The number of fused-ring (bicyclic) bond motifs is 1. The lowest BCUT2D eigenvalue weighted by atomic mass is 10.2. The van der Waals surface area contributed by atoms with Crippen LogP contribution in [0.3, 0.4) is 0 Å². The Labute approximate surface area is 189 Å². The molecule has 0 saturated heterocycles. The van der Waals surface area contributed by atoms with E-state index in [9.17, 15) is 4.79 Å². The molecule has 0 fully saturated rings. The zero-order chi connectivity index (χ0) is 21.8. The minimum Gasteiger partial charge on any atom is -0.342 e. The number of H-pyrrole nitrogens is 1. The lowest BCUT2D eigenvalue weighted by molar-refractivity contribution is 0.102. The maximum atomic E-state index is 12.6. The zero-order valence-electron chi connectivity index (χ0n) is 17.3. The van der Waals surface area contributed by atoms with Gasteiger partial charge in [-0.1, -0.05) is 72.4 Å². The molecule has 5 aromatic rings.